The monoisotopic (exact) mass is 272 g/mol. The minimum atomic E-state index is -0.522. The normalized spacial score (nSPS) is 10.2. The largest absolute Gasteiger partial charge is 0.324 e. The summed E-state index contributed by atoms with van der Waals surface area (Å²) in [5.74, 6) is 0.344. The van der Waals surface area contributed by atoms with Gasteiger partial charge in [-0.05, 0) is 30.5 Å². The van der Waals surface area contributed by atoms with Gasteiger partial charge in [0.2, 0.25) is 5.95 Å². The molecule has 1 N–H and O–H groups in total. The number of nitrogens with one attached hydrogen (secondary N) is 1. The summed E-state index contributed by atoms with van der Waals surface area (Å²) in [6.45, 7) is 2.17. The van der Waals surface area contributed by atoms with E-state index in [4.69, 9.17) is 0 Å². The Labute approximate surface area is 117 Å². The lowest BCUT2D eigenvalue weighted by molar-refractivity contribution is -0.385. The van der Waals surface area contributed by atoms with Crippen LogP contribution in [0, 0.1) is 10.1 Å². The summed E-state index contributed by atoms with van der Waals surface area (Å²) >= 11 is 0. The maximum Gasteiger partial charge on any atom is 0.305 e. The first-order chi connectivity index (χ1) is 9.69. The van der Waals surface area contributed by atoms with Crippen LogP contribution in [0.5, 0.6) is 0 Å². The van der Waals surface area contributed by atoms with Gasteiger partial charge >= 0.3 is 5.69 Å². The van der Waals surface area contributed by atoms with E-state index in [1.54, 1.807) is 0 Å². The van der Waals surface area contributed by atoms with E-state index in [1.165, 1.54) is 30.8 Å². The smallest absolute Gasteiger partial charge is 0.305 e. The molecule has 2 rings (SSSR count). The number of nitrogens with zero attached hydrogens (tertiary/aromatic N) is 3. The van der Waals surface area contributed by atoms with Crippen LogP contribution in [0.1, 0.15) is 25.3 Å². The first kappa shape index (κ1) is 13.9. The predicted molar refractivity (Wildman–Crippen MR) is 77.0 cm³/mol. The number of hydrogen-bond donors (Lipinski definition) is 1. The highest BCUT2D eigenvalue weighted by molar-refractivity contribution is 5.53. The highest BCUT2D eigenvalue weighted by Crippen LogP contribution is 2.16. The van der Waals surface area contributed by atoms with Crippen LogP contribution in [0.15, 0.2) is 36.7 Å². The van der Waals surface area contributed by atoms with Crippen molar-refractivity contribution < 1.29 is 4.92 Å². The van der Waals surface area contributed by atoms with E-state index in [0.717, 1.165) is 12.1 Å². The molecule has 1 aromatic carbocycles. The minimum absolute atomic E-state index is 0.120. The molecule has 1 aromatic heterocycles. The van der Waals surface area contributed by atoms with Crippen LogP contribution >= 0.6 is 0 Å². The molecule has 6 nitrogen and oxygen atoms in total. The number of rotatable bonds is 6. The van der Waals surface area contributed by atoms with Crippen LogP contribution in [0.2, 0.25) is 0 Å². The molecule has 0 unspecified atom stereocenters. The predicted octanol–water partition coefficient (Wildman–Crippen LogP) is 3.47. The summed E-state index contributed by atoms with van der Waals surface area (Å²) in [5, 5.41) is 13.5. The Bertz CT molecular complexity index is 567. The third-order valence-electron chi connectivity index (χ3n) is 2.88. The number of anilines is 2. The second-order valence-electron chi connectivity index (χ2n) is 4.45. The van der Waals surface area contributed by atoms with Gasteiger partial charge in [0.1, 0.15) is 12.4 Å². The third kappa shape index (κ3) is 3.74. The number of aryl methyl sites for hydroxylation is 1. The lowest BCUT2D eigenvalue weighted by Gasteiger charge is -2.05. The zero-order chi connectivity index (χ0) is 14.4. The van der Waals surface area contributed by atoms with Crippen LogP contribution in [0.3, 0.4) is 0 Å². The maximum absolute atomic E-state index is 10.5. The van der Waals surface area contributed by atoms with Crippen molar-refractivity contribution in [3.8, 4) is 0 Å². The molecule has 0 fully saturated rings. The van der Waals surface area contributed by atoms with Gasteiger partial charge in [0, 0.05) is 5.69 Å². The Morgan fingerprint density at radius 1 is 1.20 bits per heavy atom. The molecule has 104 valence electrons. The quantitative estimate of drug-likeness (QED) is 0.643. The average Bonchev–Trinajstić information content (AvgIpc) is 2.47. The van der Waals surface area contributed by atoms with E-state index in [-0.39, 0.29) is 5.69 Å². The maximum atomic E-state index is 10.5. The van der Waals surface area contributed by atoms with Gasteiger partial charge in [-0.1, -0.05) is 25.5 Å². The molecule has 6 heteroatoms. The van der Waals surface area contributed by atoms with Gasteiger partial charge in [0.05, 0.1) is 4.92 Å². The molecule has 0 spiro atoms. The lowest BCUT2D eigenvalue weighted by atomic mass is 10.1. The number of aromatic nitrogens is 2. The van der Waals surface area contributed by atoms with E-state index in [9.17, 15) is 10.1 Å². The second-order valence-corrected chi connectivity index (χ2v) is 4.45. The Kier molecular flexibility index (Phi) is 4.60. The van der Waals surface area contributed by atoms with Gasteiger partial charge < -0.3 is 5.32 Å². The van der Waals surface area contributed by atoms with Crippen LogP contribution in [0.4, 0.5) is 17.3 Å². The summed E-state index contributed by atoms with van der Waals surface area (Å²) in [4.78, 5) is 17.8. The molecule has 0 saturated carbocycles. The van der Waals surface area contributed by atoms with Crippen molar-refractivity contribution >= 4 is 17.3 Å². The number of hydrogen-bond acceptors (Lipinski definition) is 5. The standard InChI is InChI=1S/C14H16N4O2/c1-2-3-4-11-5-7-12(8-6-11)17-14-15-9-13(10-16-14)18(19)20/h5-10H,2-4H2,1H3,(H,15,16,17). The molecule has 0 atom stereocenters. The molecular weight excluding hydrogens is 256 g/mol. The topological polar surface area (TPSA) is 81.0 Å². The van der Waals surface area contributed by atoms with Crippen molar-refractivity contribution in [1.82, 2.24) is 9.97 Å². The average molecular weight is 272 g/mol. The Morgan fingerprint density at radius 3 is 2.40 bits per heavy atom. The Morgan fingerprint density at radius 2 is 1.85 bits per heavy atom. The van der Waals surface area contributed by atoms with Crippen LogP contribution in [-0.2, 0) is 6.42 Å². The Hall–Kier alpha value is -2.50. The van der Waals surface area contributed by atoms with E-state index >= 15 is 0 Å². The zero-order valence-corrected chi connectivity index (χ0v) is 11.2. The number of unbranched alkanes of at least 4 members (excludes halogenated alkanes) is 1. The summed E-state index contributed by atoms with van der Waals surface area (Å²) in [6.07, 6.45) is 5.80. The molecule has 20 heavy (non-hydrogen) atoms. The SMILES string of the molecule is CCCCc1ccc(Nc2ncc([N+](=O)[O-])cn2)cc1. The molecule has 0 aliphatic heterocycles. The molecule has 0 saturated heterocycles. The minimum Gasteiger partial charge on any atom is -0.324 e. The number of benzene rings is 1. The molecule has 1 heterocycles. The summed E-state index contributed by atoms with van der Waals surface area (Å²) in [7, 11) is 0. The molecular formula is C14H16N4O2. The lowest BCUT2D eigenvalue weighted by Crippen LogP contribution is -1.98. The van der Waals surface area contributed by atoms with Gasteiger partial charge in [0.25, 0.3) is 0 Å². The molecule has 0 radical (unpaired) electrons. The fourth-order valence-electron chi connectivity index (χ4n) is 1.74. The molecule has 0 aliphatic rings. The van der Waals surface area contributed by atoms with Crippen molar-refractivity contribution in [2.75, 3.05) is 5.32 Å². The second kappa shape index (κ2) is 6.60. The molecule has 0 amide bonds. The van der Waals surface area contributed by atoms with Crippen LogP contribution in [0.25, 0.3) is 0 Å². The summed E-state index contributed by atoms with van der Waals surface area (Å²) < 4.78 is 0. The van der Waals surface area contributed by atoms with Crippen molar-refractivity contribution in [3.63, 3.8) is 0 Å². The zero-order valence-electron chi connectivity index (χ0n) is 11.2. The number of nitro groups is 1. The fourth-order valence-corrected chi connectivity index (χ4v) is 1.74. The summed E-state index contributed by atoms with van der Waals surface area (Å²) in [6, 6.07) is 8.03. The third-order valence-corrected chi connectivity index (χ3v) is 2.88. The van der Waals surface area contributed by atoms with Gasteiger partial charge in [-0.25, -0.2) is 9.97 Å². The van der Waals surface area contributed by atoms with E-state index < -0.39 is 4.92 Å². The van der Waals surface area contributed by atoms with Gasteiger partial charge in [-0.3, -0.25) is 10.1 Å². The van der Waals surface area contributed by atoms with Crippen molar-refractivity contribution in [3.05, 3.63) is 52.3 Å². The van der Waals surface area contributed by atoms with Gasteiger partial charge in [-0.15, -0.1) is 0 Å². The molecule has 0 aliphatic carbocycles. The van der Waals surface area contributed by atoms with E-state index in [0.29, 0.717) is 5.95 Å². The Balaban J connectivity index is 2.00. The van der Waals surface area contributed by atoms with Crippen molar-refractivity contribution in [1.29, 1.82) is 0 Å². The highest BCUT2D eigenvalue weighted by Gasteiger charge is 2.06. The van der Waals surface area contributed by atoms with E-state index in [2.05, 4.69) is 34.3 Å². The van der Waals surface area contributed by atoms with Crippen molar-refractivity contribution in [2.24, 2.45) is 0 Å². The van der Waals surface area contributed by atoms with E-state index in [1.807, 2.05) is 12.1 Å². The van der Waals surface area contributed by atoms with Crippen molar-refractivity contribution in [2.45, 2.75) is 26.2 Å². The van der Waals surface area contributed by atoms with Gasteiger partial charge in [-0.2, -0.15) is 0 Å². The van der Waals surface area contributed by atoms with Crippen LogP contribution < -0.4 is 5.32 Å². The first-order valence-electron chi connectivity index (χ1n) is 6.51. The van der Waals surface area contributed by atoms with Gasteiger partial charge in [0.15, 0.2) is 0 Å². The highest BCUT2D eigenvalue weighted by atomic mass is 16.6. The summed E-state index contributed by atoms with van der Waals surface area (Å²) in [5.41, 5.74) is 2.03. The molecule has 2 aromatic rings. The molecule has 0 bridgehead atoms. The first-order valence-corrected chi connectivity index (χ1v) is 6.51. The van der Waals surface area contributed by atoms with Crippen LogP contribution in [-0.4, -0.2) is 14.9 Å². The fraction of sp³-hybridized carbons (Fsp3) is 0.286.